The summed E-state index contributed by atoms with van der Waals surface area (Å²) < 4.78 is 10.1. The number of carbonyl (C=O) groups is 2. The van der Waals surface area contributed by atoms with Gasteiger partial charge in [0.05, 0.1) is 7.11 Å². The summed E-state index contributed by atoms with van der Waals surface area (Å²) in [6.45, 7) is 3.77. The van der Waals surface area contributed by atoms with E-state index in [1.165, 1.54) is 26.4 Å². The Labute approximate surface area is 148 Å². The molecular weight excluding hydrogens is 320 g/mol. The molecule has 25 heavy (non-hydrogen) atoms. The van der Waals surface area contributed by atoms with Crippen molar-refractivity contribution in [1.82, 2.24) is 0 Å². The van der Waals surface area contributed by atoms with Gasteiger partial charge in [0.2, 0.25) is 11.8 Å². The summed E-state index contributed by atoms with van der Waals surface area (Å²) in [7, 11) is 1.24. The molecule has 0 aliphatic heterocycles. The number of anilines is 1. The van der Waals surface area contributed by atoms with Crippen molar-refractivity contribution in [2.24, 2.45) is 11.8 Å². The van der Waals surface area contributed by atoms with Crippen molar-refractivity contribution >= 4 is 17.8 Å². The molecule has 0 aromatic carbocycles. The number of esters is 1. The van der Waals surface area contributed by atoms with E-state index in [4.69, 9.17) is 4.42 Å². The topological polar surface area (TPSA) is 92.3 Å². The van der Waals surface area contributed by atoms with Crippen molar-refractivity contribution in [2.75, 3.05) is 12.4 Å². The zero-order valence-corrected chi connectivity index (χ0v) is 15.2. The maximum atomic E-state index is 12.5. The second kappa shape index (κ2) is 8.70. The van der Waals surface area contributed by atoms with Gasteiger partial charge in [0.1, 0.15) is 23.0 Å². The van der Waals surface area contributed by atoms with Crippen molar-refractivity contribution in [1.29, 1.82) is 5.26 Å². The van der Waals surface area contributed by atoms with Crippen molar-refractivity contribution < 1.29 is 18.7 Å². The molecule has 6 nitrogen and oxygen atoms in total. The summed E-state index contributed by atoms with van der Waals surface area (Å²) >= 11 is 0. The molecular formula is C19H26N2O4. The number of methoxy groups -OCH3 is 1. The number of aryl methyl sites for hydroxylation is 1. The number of hydrogen-bond acceptors (Lipinski definition) is 5. The van der Waals surface area contributed by atoms with Gasteiger partial charge in [-0.15, -0.1) is 0 Å². The van der Waals surface area contributed by atoms with Gasteiger partial charge in [-0.05, 0) is 38.5 Å². The highest BCUT2D eigenvalue weighted by Crippen LogP contribution is 2.33. The molecule has 1 saturated carbocycles. The summed E-state index contributed by atoms with van der Waals surface area (Å²) in [6.07, 6.45) is 7.52. The lowest BCUT2D eigenvalue weighted by Crippen LogP contribution is -2.27. The van der Waals surface area contributed by atoms with Crippen LogP contribution in [0, 0.1) is 30.1 Å². The Kier molecular flexibility index (Phi) is 6.63. The standard InChI is InChI=1S/C19H26N2O4/c1-4-5-6-13-7-9-14(10-8-13)17(22)21-18-15(11-20)16(12(2)25-18)19(23)24-3/h13-14H,4-10H2,1-3H3,(H,21,22). The fraction of sp³-hybridized carbons (Fsp3) is 0.632. The first kappa shape index (κ1) is 19.0. The molecule has 1 amide bonds. The zero-order valence-electron chi connectivity index (χ0n) is 15.2. The Hall–Kier alpha value is -2.29. The predicted molar refractivity (Wildman–Crippen MR) is 93.1 cm³/mol. The van der Waals surface area contributed by atoms with Crippen LogP contribution in [0.15, 0.2) is 4.42 Å². The minimum absolute atomic E-state index is 0.0225. The fourth-order valence-electron chi connectivity index (χ4n) is 3.51. The summed E-state index contributed by atoms with van der Waals surface area (Å²) in [5.74, 6) is 0.165. The molecule has 0 unspecified atom stereocenters. The van der Waals surface area contributed by atoms with Crippen LogP contribution in [-0.4, -0.2) is 19.0 Å². The number of unbranched alkanes of at least 4 members (excludes halogenated alkanes) is 1. The number of ether oxygens (including phenoxy) is 1. The van der Waals surface area contributed by atoms with E-state index in [2.05, 4.69) is 17.0 Å². The summed E-state index contributed by atoms with van der Waals surface area (Å²) in [4.78, 5) is 24.3. The summed E-state index contributed by atoms with van der Waals surface area (Å²) in [5.41, 5.74) is 0.0953. The molecule has 0 radical (unpaired) electrons. The van der Waals surface area contributed by atoms with Gasteiger partial charge in [0.15, 0.2) is 0 Å². The quantitative estimate of drug-likeness (QED) is 0.780. The third-order valence-corrected chi connectivity index (χ3v) is 5.01. The Morgan fingerprint density at radius 2 is 2.00 bits per heavy atom. The second-order valence-electron chi connectivity index (χ2n) is 6.69. The molecule has 1 fully saturated rings. The molecule has 1 aliphatic rings. The highest BCUT2D eigenvalue weighted by Gasteiger charge is 2.29. The minimum Gasteiger partial charge on any atom is -0.465 e. The number of hydrogen-bond donors (Lipinski definition) is 1. The molecule has 1 heterocycles. The molecule has 6 heteroatoms. The number of rotatable bonds is 6. The maximum Gasteiger partial charge on any atom is 0.342 e. The predicted octanol–water partition coefficient (Wildman–Crippen LogP) is 4.18. The van der Waals surface area contributed by atoms with Crippen molar-refractivity contribution in [3.63, 3.8) is 0 Å². The number of furan rings is 1. The molecule has 2 rings (SSSR count). The Balaban J connectivity index is 2.02. The van der Waals surface area contributed by atoms with Crippen LogP contribution < -0.4 is 5.32 Å². The maximum absolute atomic E-state index is 12.5. The van der Waals surface area contributed by atoms with Gasteiger partial charge in [-0.1, -0.05) is 26.2 Å². The number of nitriles is 1. The van der Waals surface area contributed by atoms with E-state index < -0.39 is 5.97 Å². The lowest BCUT2D eigenvalue weighted by Gasteiger charge is -2.27. The van der Waals surface area contributed by atoms with E-state index >= 15 is 0 Å². The van der Waals surface area contributed by atoms with Crippen LogP contribution in [0.5, 0.6) is 0 Å². The molecule has 0 bridgehead atoms. The molecule has 1 N–H and O–H groups in total. The first-order valence-corrected chi connectivity index (χ1v) is 8.94. The van der Waals surface area contributed by atoms with Crippen LogP contribution in [0.25, 0.3) is 0 Å². The van der Waals surface area contributed by atoms with Gasteiger partial charge in [0, 0.05) is 5.92 Å². The first-order valence-electron chi connectivity index (χ1n) is 8.94. The lowest BCUT2D eigenvalue weighted by molar-refractivity contribution is -0.121. The van der Waals surface area contributed by atoms with Gasteiger partial charge >= 0.3 is 5.97 Å². The fourth-order valence-corrected chi connectivity index (χ4v) is 3.51. The monoisotopic (exact) mass is 346 g/mol. The van der Waals surface area contributed by atoms with Gasteiger partial charge in [-0.25, -0.2) is 4.79 Å². The Morgan fingerprint density at radius 1 is 1.32 bits per heavy atom. The van der Waals surface area contributed by atoms with Gasteiger partial charge in [-0.2, -0.15) is 5.26 Å². The third-order valence-electron chi connectivity index (χ3n) is 5.01. The van der Waals surface area contributed by atoms with E-state index in [9.17, 15) is 14.9 Å². The van der Waals surface area contributed by atoms with Crippen molar-refractivity contribution in [3.8, 4) is 6.07 Å². The van der Waals surface area contributed by atoms with E-state index in [-0.39, 0.29) is 34.6 Å². The molecule has 1 aromatic rings. The van der Waals surface area contributed by atoms with Crippen LogP contribution in [0.3, 0.4) is 0 Å². The van der Waals surface area contributed by atoms with Gasteiger partial charge in [-0.3, -0.25) is 10.1 Å². The molecule has 0 spiro atoms. The summed E-state index contributed by atoms with van der Waals surface area (Å²) in [6, 6.07) is 1.93. The van der Waals surface area contributed by atoms with Crippen molar-refractivity contribution in [3.05, 3.63) is 16.9 Å². The minimum atomic E-state index is -0.644. The van der Waals surface area contributed by atoms with E-state index in [1.807, 2.05) is 6.07 Å². The molecule has 0 saturated heterocycles. The number of carbonyl (C=O) groups excluding carboxylic acids is 2. The molecule has 1 aliphatic carbocycles. The van der Waals surface area contributed by atoms with Crippen LogP contribution in [0.4, 0.5) is 5.88 Å². The zero-order chi connectivity index (χ0) is 18.4. The van der Waals surface area contributed by atoms with Crippen LogP contribution in [-0.2, 0) is 9.53 Å². The number of nitrogens with zero attached hydrogens (tertiary/aromatic N) is 1. The van der Waals surface area contributed by atoms with E-state index in [1.54, 1.807) is 6.92 Å². The largest absolute Gasteiger partial charge is 0.465 e. The Bertz CT molecular complexity index is 664. The van der Waals surface area contributed by atoms with Crippen LogP contribution in [0.2, 0.25) is 0 Å². The smallest absolute Gasteiger partial charge is 0.342 e. The second-order valence-corrected chi connectivity index (χ2v) is 6.69. The SMILES string of the molecule is CCCCC1CCC(C(=O)Nc2oc(C)c(C(=O)OC)c2C#N)CC1. The van der Waals surface area contributed by atoms with E-state index in [0.29, 0.717) is 0 Å². The molecule has 136 valence electrons. The normalized spacial score (nSPS) is 19.9. The average molecular weight is 346 g/mol. The van der Waals surface area contributed by atoms with Crippen LogP contribution >= 0.6 is 0 Å². The molecule has 0 atom stereocenters. The highest BCUT2D eigenvalue weighted by atomic mass is 16.5. The number of nitrogens with one attached hydrogen (secondary N) is 1. The van der Waals surface area contributed by atoms with E-state index in [0.717, 1.165) is 31.6 Å². The lowest BCUT2D eigenvalue weighted by atomic mass is 9.79. The number of amides is 1. The highest BCUT2D eigenvalue weighted by molar-refractivity contribution is 5.98. The molecule has 1 aromatic heterocycles. The average Bonchev–Trinajstić information content (AvgIpc) is 2.94. The van der Waals surface area contributed by atoms with Crippen molar-refractivity contribution in [2.45, 2.75) is 58.8 Å². The third kappa shape index (κ3) is 4.41. The van der Waals surface area contributed by atoms with Gasteiger partial charge in [0.25, 0.3) is 0 Å². The summed E-state index contributed by atoms with van der Waals surface area (Å²) in [5, 5.41) is 12.0. The van der Waals surface area contributed by atoms with Crippen LogP contribution in [0.1, 0.15) is 73.6 Å². The Morgan fingerprint density at radius 3 is 2.56 bits per heavy atom. The van der Waals surface area contributed by atoms with Gasteiger partial charge < -0.3 is 9.15 Å². The first-order chi connectivity index (χ1) is 12.0.